The average Bonchev–Trinajstić information content (AvgIpc) is 3.68. The molecular weight excluding hydrogens is 886 g/mol. The van der Waals surface area contributed by atoms with Crippen molar-refractivity contribution in [3.8, 4) is 0 Å². The van der Waals surface area contributed by atoms with Gasteiger partial charge in [0.05, 0.1) is 5.41 Å². The number of rotatable bonds is 4. The Bertz CT molecular complexity index is 1820. The van der Waals surface area contributed by atoms with E-state index < -0.39 is 78.8 Å². The maximum Gasteiger partial charge on any atom is 0.393 e. The zero-order valence-corrected chi connectivity index (χ0v) is 56.1. The van der Waals surface area contributed by atoms with Crippen molar-refractivity contribution in [2.45, 2.75) is 365 Å². The number of hydrogen-bond donors (Lipinski definition) is 0. The van der Waals surface area contributed by atoms with E-state index in [1.54, 1.807) is 41.5 Å². The molecule has 3 heteroatoms. The van der Waals surface area contributed by atoms with Crippen LogP contribution in [-0.4, -0.2) is 6.18 Å². The van der Waals surface area contributed by atoms with Crippen molar-refractivity contribution in [1.82, 2.24) is 0 Å². The van der Waals surface area contributed by atoms with Gasteiger partial charge in [0.2, 0.25) is 0 Å². The molecule has 444 valence electrons. The van der Waals surface area contributed by atoms with Crippen LogP contribution >= 0.6 is 0 Å². The summed E-state index contributed by atoms with van der Waals surface area (Å²) in [6.45, 7) is 66.5. The van der Waals surface area contributed by atoms with Crippen molar-refractivity contribution < 1.29 is 36.5 Å². The van der Waals surface area contributed by atoms with E-state index in [4.69, 9.17) is 23.3 Å². The van der Waals surface area contributed by atoms with Gasteiger partial charge in [-0.25, -0.2) is 0 Å². The zero-order valence-electron chi connectivity index (χ0n) is 73.1. The molecular formula is C69H147F3. The standard InChI is InChI=1S/C11H22.C10H20.C9H17F3.C9H20.2C8H18.2C7H16/c1-10(2,3)11(4)8-6-5-7-9-11;1-9(2,3)10(4)7-5-6-8-10;1-7(2,3)6-8(4,5)9(10,11)12;1-8(2,3)7-9(4,5)6;1-7(2)6-8(3,4)5;1-6-7(2)8(3,4)5;1-6(2)7(3,4)5;1-5-6-7(2,3)4/h5-9H2,1-4H3;5-8H2,1-4H3;6H2,1-5H3;7H2,1-6H3;2*7H,6H2,1-5H3;6H,1-5H3;5-6H2,1-4H3/i;;6D2;7D2;6D2;2D3,6D2,7D;6D;5D2,6D2. The maximum absolute atomic E-state index is 12.6. The van der Waals surface area contributed by atoms with Crippen LogP contribution in [0, 0.1) is 82.7 Å². The van der Waals surface area contributed by atoms with Crippen LogP contribution in [0.1, 0.15) is 382 Å². The number of halogens is 3. The van der Waals surface area contributed by atoms with Crippen molar-refractivity contribution in [2.75, 3.05) is 0 Å². The Labute approximate surface area is 483 Å². The molecule has 2 aliphatic carbocycles. The van der Waals surface area contributed by atoms with Crippen LogP contribution in [0.4, 0.5) is 13.2 Å². The van der Waals surface area contributed by atoms with Crippen molar-refractivity contribution >= 4 is 0 Å². The third-order valence-corrected chi connectivity index (χ3v) is 13.2. The van der Waals surface area contributed by atoms with Crippen LogP contribution in [-0.2, 0) is 0 Å². The summed E-state index contributed by atoms with van der Waals surface area (Å²) in [6, 6.07) is 0. The van der Waals surface area contributed by atoms with E-state index in [1.165, 1.54) is 85.5 Å². The molecule has 0 aromatic rings. The Morgan fingerprint density at radius 1 is 0.458 bits per heavy atom. The quantitative estimate of drug-likeness (QED) is 0.263. The molecule has 1 atom stereocenters. The highest BCUT2D eigenvalue weighted by Crippen LogP contribution is 2.51. The first-order chi connectivity index (χ1) is 37.4. The third kappa shape index (κ3) is 50.6. The van der Waals surface area contributed by atoms with E-state index in [0.717, 1.165) is 20.8 Å². The van der Waals surface area contributed by atoms with E-state index in [-0.39, 0.29) is 33.5 Å². The molecule has 0 radical (unpaired) electrons. The lowest BCUT2D eigenvalue weighted by Crippen LogP contribution is -2.35. The molecule has 2 saturated carbocycles. The summed E-state index contributed by atoms with van der Waals surface area (Å²) in [6.07, 6.45) is -1.65. The highest BCUT2D eigenvalue weighted by atomic mass is 19.4. The molecule has 0 aromatic heterocycles. The summed E-state index contributed by atoms with van der Waals surface area (Å²) in [4.78, 5) is 0. The summed E-state index contributed by atoms with van der Waals surface area (Å²) in [7, 11) is 0. The molecule has 72 heavy (non-hydrogen) atoms. The SMILES string of the molecule is CC(C)(C)C1(C)CCCC1.CC(C)(C)C1(C)CCCCC1.[2H]C(C)(C)C(C)(C)C.[2H]C([2H])(C(C)(C)C)C(C)(C)C.[2H]C([2H])(C(C)(C)C)C(C)(C)C(F)(F)F.[2H]C([2H])(C(C)C)C(C)(C)C.[2H]C([2H])(C)C([2H])([2H])C(C)(C)C.[2H]C([2H])([2H])C([2H])(C([2H])([2H])C)C(C)(C)C. The summed E-state index contributed by atoms with van der Waals surface area (Å²) < 4.78 is 166. The van der Waals surface area contributed by atoms with Crippen LogP contribution in [0.2, 0.25) is 0 Å². The van der Waals surface area contributed by atoms with E-state index in [1.807, 2.05) is 90.0 Å². The summed E-state index contributed by atoms with van der Waals surface area (Å²) in [5, 5.41) is 0. The lowest BCUT2D eigenvalue weighted by Gasteiger charge is -2.45. The number of alkyl halides is 3. The molecule has 0 bridgehead atoms. The average molecular weight is 1050 g/mol. The summed E-state index contributed by atoms with van der Waals surface area (Å²) >= 11 is 0. The lowest BCUT2D eigenvalue weighted by atomic mass is 9.61. The third-order valence-electron chi connectivity index (χ3n) is 13.2. The molecule has 0 spiro atoms. The van der Waals surface area contributed by atoms with Gasteiger partial charge in [-0.05, 0) is 128 Å². The summed E-state index contributed by atoms with van der Waals surface area (Å²) in [5.41, 5.74) is -3.45. The molecule has 0 N–H and O–H groups in total. The van der Waals surface area contributed by atoms with Gasteiger partial charge in [0.25, 0.3) is 0 Å². The van der Waals surface area contributed by atoms with Gasteiger partial charge in [-0.3, -0.25) is 0 Å². The fourth-order valence-electron chi connectivity index (χ4n) is 7.74. The highest BCUT2D eigenvalue weighted by molar-refractivity contribution is 4.90. The minimum absolute atomic E-state index is 0.0903. The number of hydrogen-bond acceptors (Lipinski definition) is 0. The van der Waals surface area contributed by atoms with Gasteiger partial charge in [-0.2, -0.15) is 13.2 Å². The van der Waals surface area contributed by atoms with Crippen molar-refractivity contribution in [3.05, 3.63) is 0 Å². The molecule has 0 amide bonds. The fourth-order valence-corrected chi connectivity index (χ4v) is 7.74. The van der Waals surface area contributed by atoms with Crippen molar-refractivity contribution in [1.29, 1.82) is 0 Å². The first-order valence-corrected chi connectivity index (χ1v) is 27.9. The zero-order chi connectivity index (χ0) is 74.9. The first-order valence-electron chi connectivity index (χ1n) is 36.4. The molecule has 1 unspecified atom stereocenters. The van der Waals surface area contributed by atoms with Crippen LogP contribution in [0.25, 0.3) is 0 Å². The molecule has 0 heterocycles. The first kappa shape index (κ1) is 52.5. The Morgan fingerprint density at radius 3 is 0.819 bits per heavy atom. The van der Waals surface area contributed by atoms with Crippen LogP contribution in [0.5, 0.6) is 0 Å². The molecule has 0 saturated heterocycles. The van der Waals surface area contributed by atoms with Gasteiger partial charge >= 0.3 is 6.18 Å². The van der Waals surface area contributed by atoms with Crippen LogP contribution in [0.15, 0.2) is 0 Å². The smallest absolute Gasteiger partial charge is 0.171 e. The molecule has 0 aromatic carbocycles. The normalized spacial score (nSPS) is 22.7. The maximum atomic E-state index is 12.6. The second-order valence-corrected chi connectivity index (χ2v) is 31.8. The minimum atomic E-state index is -4.54. The van der Waals surface area contributed by atoms with E-state index >= 15 is 0 Å². The molecule has 2 fully saturated rings. The Balaban J connectivity index is -0.000000222. The van der Waals surface area contributed by atoms with E-state index in [2.05, 4.69) is 76.2 Å². The Hall–Kier alpha value is -0.210. The van der Waals surface area contributed by atoms with Crippen LogP contribution in [0.3, 0.4) is 0 Å². The van der Waals surface area contributed by atoms with Crippen LogP contribution < -0.4 is 0 Å². The van der Waals surface area contributed by atoms with Gasteiger partial charge in [-0.15, -0.1) is 0 Å². The topological polar surface area (TPSA) is 0 Å². The van der Waals surface area contributed by atoms with Gasteiger partial charge < -0.3 is 0 Å². The second-order valence-electron chi connectivity index (χ2n) is 31.8. The van der Waals surface area contributed by atoms with Gasteiger partial charge in [0, 0.05) is 23.3 Å². The predicted molar refractivity (Wildman–Crippen MR) is 331 cm³/mol. The summed E-state index contributed by atoms with van der Waals surface area (Å²) in [5.74, 6) is -2.33. The molecule has 2 aliphatic rings. The predicted octanol–water partition coefficient (Wildman–Crippen LogP) is 26.8. The Kier molecular flexibility index (Phi) is 24.3. The lowest BCUT2D eigenvalue weighted by molar-refractivity contribution is -0.220. The van der Waals surface area contributed by atoms with Crippen molar-refractivity contribution in [2.24, 2.45) is 82.7 Å². The monoisotopic (exact) mass is 1050 g/mol. The second kappa shape index (κ2) is 33.3. The van der Waals surface area contributed by atoms with E-state index in [9.17, 15) is 13.2 Å². The minimum Gasteiger partial charge on any atom is -0.171 e. The Morgan fingerprint density at radius 2 is 0.750 bits per heavy atom. The molecule has 0 aliphatic heterocycles. The van der Waals surface area contributed by atoms with Gasteiger partial charge in [0.1, 0.15) is 0 Å². The largest absolute Gasteiger partial charge is 0.393 e. The fraction of sp³-hybridized carbons (Fsp3) is 1.00. The van der Waals surface area contributed by atoms with Gasteiger partial charge in [-0.1, -0.05) is 308 Å². The van der Waals surface area contributed by atoms with Crippen molar-refractivity contribution in [3.63, 3.8) is 0 Å². The van der Waals surface area contributed by atoms with Gasteiger partial charge in [0.15, 0.2) is 0 Å². The molecule has 0 nitrogen and oxygen atoms in total. The highest BCUT2D eigenvalue weighted by Gasteiger charge is 2.48. The molecule has 2 rings (SSSR count). The van der Waals surface area contributed by atoms with E-state index in [0.29, 0.717) is 21.7 Å².